The molecule has 32 heavy (non-hydrogen) atoms. The monoisotopic (exact) mass is 436 g/mol. The maximum absolute atomic E-state index is 12.8. The molecule has 0 unspecified atom stereocenters. The molecule has 2 amide bonds. The Balaban J connectivity index is 1.26. The molecule has 2 fully saturated rings. The highest BCUT2D eigenvalue weighted by Crippen LogP contribution is 2.32. The molecule has 3 aliphatic rings. The van der Waals surface area contributed by atoms with Crippen LogP contribution in [0.4, 0.5) is 0 Å². The first kappa shape index (κ1) is 20.7. The summed E-state index contributed by atoms with van der Waals surface area (Å²) in [4.78, 5) is 49.3. The molecule has 1 aromatic heterocycles. The molecule has 8 nitrogen and oxygen atoms in total. The summed E-state index contributed by atoms with van der Waals surface area (Å²) >= 11 is 0. The summed E-state index contributed by atoms with van der Waals surface area (Å²) in [5.74, 6) is 1.83. The van der Waals surface area contributed by atoms with Crippen LogP contribution in [0.25, 0.3) is 0 Å². The quantitative estimate of drug-likeness (QED) is 0.769. The minimum atomic E-state index is -0.105. The van der Waals surface area contributed by atoms with Gasteiger partial charge >= 0.3 is 0 Å². The zero-order chi connectivity index (χ0) is 22.2. The second kappa shape index (κ2) is 8.41. The number of likely N-dealkylation sites (tertiary alicyclic amines) is 1. The highest BCUT2D eigenvalue weighted by atomic mass is 16.5. The highest BCUT2D eigenvalue weighted by molar-refractivity contribution is 5.81. The molecule has 0 bridgehead atoms. The van der Waals surface area contributed by atoms with E-state index in [2.05, 4.69) is 4.98 Å². The summed E-state index contributed by atoms with van der Waals surface area (Å²) in [6.45, 7) is 2.19. The SMILES string of the molecule is COc1ccc(CC(=O)N2CC[C@@H](c3nc4c(c(=O)[nH]3)CCN(C(=O)C3CC3)C4)C2)cc1. The molecular formula is C24H28N4O4. The summed E-state index contributed by atoms with van der Waals surface area (Å²) in [5, 5.41) is 0. The lowest BCUT2D eigenvalue weighted by Crippen LogP contribution is -2.40. The van der Waals surface area contributed by atoms with Crippen molar-refractivity contribution in [3.05, 3.63) is 57.3 Å². The molecule has 1 aliphatic carbocycles. The van der Waals surface area contributed by atoms with Crippen molar-refractivity contribution >= 4 is 11.8 Å². The number of aromatic amines is 1. The van der Waals surface area contributed by atoms with Gasteiger partial charge in [-0.1, -0.05) is 12.1 Å². The van der Waals surface area contributed by atoms with Crippen LogP contribution in [0, 0.1) is 5.92 Å². The van der Waals surface area contributed by atoms with Gasteiger partial charge in [0.05, 0.1) is 25.8 Å². The number of methoxy groups -OCH3 is 1. The Hall–Kier alpha value is -3.16. The lowest BCUT2D eigenvalue weighted by Gasteiger charge is -2.28. The zero-order valence-corrected chi connectivity index (χ0v) is 18.3. The summed E-state index contributed by atoms with van der Waals surface area (Å²) in [7, 11) is 1.62. The molecule has 1 N–H and O–H groups in total. The maximum Gasteiger partial charge on any atom is 0.254 e. The van der Waals surface area contributed by atoms with Crippen LogP contribution < -0.4 is 10.3 Å². The molecular weight excluding hydrogens is 408 g/mol. The number of aromatic nitrogens is 2. The Morgan fingerprint density at radius 3 is 2.62 bits per heavy atom. The second-order valence-corrected chi connectivity index (χ2v) is 9.01. The number of amides is 2. The third kappa shape index (κ3) is 4.13. The minimum Gasteiger partial charge on any atom is -0.497 e. The summed E-state index contributed by atoms with van der Waals surface area (Å²) in [6, 6.07) is 7.52. The molecule has 1 aromatic carbocycles. The van der Waals surface area contributed by atoms with Crippen molar-refractivity contribution in [2.45, 2.75) is 44.6 Å². The molecule has 168 valence electrons. The lowest BCUT2D eigenvalue weighted by molar-refractivity contribution is -0.133. The number of fused-ring (bicyclic) bond motifs is 1. The van der Waals surface area contributed by atoms with Crippen molar-refractivity contribution < 1.29 is 14.3 Å². The van der Waals surface area contributed by atoms with E-state index in [-0.39, 0.29) is 29.2 Å². The summed E-state index contributed by atoms with van der Waals surface area (Å²) in [6.07, 6.45) is 3.59. The van der Waals surface area contributed by atoms with Gasteiger partial charge in [0.25, 0.3) is 5.56 Å². The smallest absolute Gasteiger partial charge is 0.254 e. The van der Waals surface area contributed by atoms with Crippen LogP contribution in [0.1, 0.15) is 47.8 Å². The van der Waals surface area contributed by atoms with E-state index in [4.69, 9.17) is 9.72 Å². The van der Waals surface area contributed by atoms with E-state index in [0.29, 0.717) is 56.1 Å². The molecule has 3 heterocycles. The van der Waals surface area contributed by atoms with Crippen molar-refractivity contribution in [1.29, 1.82) is 0 Å². The molecule has 0 spiro atoms. The standard InChI is InChI=1S/C24H28N4O4/c1-32-18-6-2-15(3-7-18)12-21(29)27-10-8-17(13-27)22-25-20-14-28(24(31)16-4-5-16)11-9-19(20)23(30)26-22/h2-3,6-7,16-17H,4-5,8-14H2,1H3,(H,25,26,30)/t17-/m1/s1. The summed E-state index contributed by atoms with van der Waals surface area (Å²) in [5.41, 5.74) is 2.25. The number of H-pyrrole nitrogens is 1. The average Bonchev–Trinajstić information content (AvgIpc) is 3.54. The second-order valence-electron chi connectivity index (χ2n) is 9.01. The van der Waals surface area contributed by atoms with E-state index in [9.17, 15) is 14.4 Å². The zero-order valence-electron chi connectivity index (χ0n) is 18.3. The molecule has 5 rings (SSSR count). The predicted molar refractivity (Wildman–Crippen MR) is 117 cm³/mol. The molecule has 8 heteroatoms. The number of carbonyl (C=O) groups excluding carboxylic acids is 2. The van der Waals surface area contributed by atoms with E-state index < -0.39 is 0 Å². The first-order valence-electron chi connectivity index (χ1n) is 11.3. The lowest BCUT2D eigenvalue weighted by atomic mass is 10.0. The van der Waals surface area contributed by atoms with Crippen LogP contribution >= 0.6 is 0 Å². The van der Waals surface area contributed by atoms with Crippen LogP contribution in [0.2, 0.25) is 0 Å². The van der Waals surface area contributed by atoms with E-state index in [0.717, 1.165) is 30.6 Å². The van der Waals surface area contributed by atoms with Gasteiger partial charge in [-0.25, -0.2) is 4.98 Å². The first-order chi connectivity index (χ1) is 15.5. The van der Waals surface area contributed by atoms with Crippen molar-refractivity contribution in [3.63, 3.8) is 0 Å². The molecule has 2 aliphatic heterocycles. The number of rotatable bonds is 5. The fraction of sp³-hybridized carbons (Fsp3) is 0.500. The van der Waals surface area contributed by atoms with Crippen molar-refractivity contribution in [3.8, 4) is 5.75 Å². The number of hydrogen-bond acceptors (Lipinski definition) is 5. The third-order valence-corrected chi connectivity index (χ3v) is 6.77. The first-order valence-corrected chi connectivity index (χ1v) is 11.3. The minimum absolute atomic E-state index is 0.00216. The van der Waals surface area contributed by atoms with Gasteiger partial charge in [-0.05, 0) is 43.4 Å². The van der Waals surface area contributed by atoms with E-state index in [1.54, 1.807) is 7.11 Å². The van der Waals surface area contributed by atoms with Gasteiger partial charge in [0.1, 0.15) is 11.6 Å². The van der Waals surface area contributed by atoms with E-state index in [1.165, 1.54) is 0 Å². The van der Waals surface area contributed by atoms with Crippen LogP contribution in [0.15, 0.2) is 29.1 Å². The number of hydrogen-bond donors (Lipinski definition) is 1. The number of nitrogens with one attached hydrogen (secondary N) is 1. The van der Waals surface area contributed by atoms with E-state index >= 15 is 0 Å². The number of nitrogens with zero attached hydrogens (tertiary/aromatic N) is 3. The predicted octanol–water partition coefficient (Wildman–Crippen LogP) is 1.63. The molecule has 0 radical (unpaired) electrons. The fourth-order valence-electron chi connectivity index (χ4n) is 4.67. The van der Waals surface area contributed by atoms with Crippen LogP contribution in [0.3, 0.4) is 0 Å². The van der Waals surface area contributed by atoms with Gasteiger partial charge in [0.15, 0.2) is 0 Å². The normalized spacial score (nSPS) is 20.2. The van der Waals surface area contributed by atoms with Crippen molar-refractivity contribution in [1.82, 2.24) is 19.8 Å². The van der Waals surface area contributed by atoms with Crippen molar-refractivity contribution in [2.75, 3.05) is 26.7 Å². The molecule has 1 atom stereocenters. The fourth-order valence-corrected chi connectivity index (χ4v) is 4.67. The molecule has 1 saturated carbocycles. The summed E-state index contributed by atoms with van der Waals surface area (Å²) < 4.78 is 5.17. The number of carbonyl (C=O) groups is 2. The molecule has 2 aromatic rings. The van der Waals surface area contributed by atoms with Gasteiger partial charge in [0.2, 0.25) is 11.8 Å². The Morgan fingerprint density at radius 2 is 1.91 bits per heavy atom. The van der Waals surface area contributed by atoms with Crippen molar-refractivity contribution in [2.24, 2.45) is 5.92 Å². The van der Waals surface area contributed by atoms with Gasteiger partial charge in [-0.3, -0.25) is 14.4 Å². The van der Waals surface area contributed by atoms with E-state index in [1.807, 2.05) is 34.1 Å². The van der Waals surface area contributed by atoms with Gasteiger partial charge in [0, 0.05) is 37.0 Å². The van der Waals surface area contributed by atoms with Crippen LogP contribution in [-0.2, 0) is 29.0 Å². The molecule has 1 saturated heterocycles. The number of ether oxygens (including phenoxy) is 1. The maximum atomic E-state index is 12.8. The van der Waals surface area contributed by atoms with Gasteiger partial charge < -0.3 is 19.5 Å². The van der Waals surface area contributed by atoms with Gasteiger partial charge in [-0.2, -0.15) is 0 Å². The highest BCUT2D eigenvalue weighted by Gasteiger charge is 2.36. The Kier molecular flexibility index (Phi) is 5.45. The topological polar surface area (TPSA) is 95.6 Å². The Labute approximate surface area is 186 Å². The Bertz CT molecular complexity index is 1090. The Morgan fingerprint density at radius 1 is 1.12 bits per heavy atom. The van der Waals surface area contributed by atoms with Crippen LogP contribution in [0.5, 0.6) is 5.75 Å². The third-order valence-electron chi connectivity index (χ3n) is 6.77. The largest absolute Gasteiger partial charge is 0.497 e. The van der Waals surface area contributed by atoms with Gasteiger partial charge in [-0.15, -0.1) is 0 Å². The average molecular weight is 437 g/mol. The number of benzene rings is 1. The van der Waals surface area contributed by atoms with Crippen LogP contribution in [-0.4, -0.2) is 58.3 Å².